The van der Waals surface area contributed by atoms with E-state index in [9.17, 15) is 0 Å². The van der Waals surface area contributed by atoms with E-state index in [0.717, 1.165) is 61.5 Å². The van der Waals surface area contributed by atoms with Crippen molar-refractivity contribution in [2.75, 3.05) is 44.3 Å². The summed E-state index contributed by atoms with van der Waals surface area (Å²) in [5.41, 5.74) is 2.25. The van der Waals surface area contributed by atoms with Crippen LogP contribution >= 0.6 is 24.0 Å². The summed E-state index contributed by atoms with van der Waals surface area (Å²) in [6.07, 6.45) is 1.85. The number of ether oxygens (including phenoxy) is 2. The first-order chi connectivity index (χ1) is 14.7. The highest BCUT2D eigenvalue weighted by molar-refractivity contribution is 14.0. The van der Waals surface area contributed by atoms with Crippen LogP contribution in [0, 0.1) is 6.92 Å². The van der Waals surface area contributed by atoms with Crippen molar-refractivity contribution in [3.8, 4) is 5.75 Å². The number of hydrogen-bond donors (Lipinski definition) is 2. The average Bonchev–Trinajstić information content (AvgIpc) is 2.78. The van der Waals surface area contributed by atoms with Gasteiger partial charge in [-0.1, -0.05) is 24.3 Å². The van der Waals surface area contributed by atoms with E-state index in [-0.39, 0.29) is 30.1 Å². The molecule has 0 bridgehead atoms. The molecule has 31 heavy (non-hydrogen) atoms. The molecule has 7 nitrogen and oxygen atoms in total. The van der Waals surface area contributed by atoms with Gasteiger partial charge in [0.25, 0.3) is 0 Å². The van der Waals surface area contributed by atoms with E-state index in [1.165, 1.54) is 0 Å². The first-order valence-corrected chi connectivity index (χ1v) is 10.7. The van der Waals surface area contributed by atoms with Crippen molar-refractivity contribution in [1.29, 1.82) is 0 Å². The van der Waals surface area contributed by atoms with Crippen LogP contribution in [0.25, 0.3) is 0 Å². The quantitative estimate of drug-likeness (QED) is 0.305. The molecule has 1 unspecified atom stereocenters. The fourth-order valence-corrected chi connectivity index (χ4v) is 3.31. The summed E-state index contributed by atoms with van der Waals surface area (Å²) in [6, 6.07) is 12.1. The fraction of sp³-hybridized carbons (Fsp3) is 0.478. The van der Waals surface area contributed by atoms with E-state index in [2.05, 4.69) is 53.4 Å². The molecule has 1 aromatic heterocycles. The topological polar surface area (TPSA) is 71.0 Å². The summed E-state index contributed by atoms with van der Waals surface area (Å²) < 4.78 is 11.5. The van der Waals surface area contributed by atoms with Gasteiger partial charge in [0.2, 0.25) is 0 Å². The third-order valence-corrected chi connectivity index (χ3v) is 4.91. The Morgan fingerprint density at radius 1 is 1.19 bits per heavy atom. The van der Waals surface area contributed by atoms with E-state index in [1.807, 2.05) is 30.5 Å². The van der Waals surface area contributed by atoms with Crippen molar-refractivity contribution >= 4 is 35.8 Å². The second kappa shape index (κ2) is 13.4. The molecule has 1 aromatic carbocycles. The van der Waals surface area contributed by atoms with Crippen LogP contribution in [-0.2, 0) is 11.3 Å². The standard InChI is InChI=1S/C23H33N5O2.HI/c1-4-24-23(26-16-19(3)30-21-10-6-5-8-18(21)2)27-17-20-9-7-11-25-22(20)28-12-14-29-15-13-28;/h5-11,19H,4,12-17H2,1-3H3,(H2,24,26,27);1H. The second-order valence-corrected chi connectivity index (χ2v) is 7.36. The van der Waals surface area contributed by atoms with Crippen molar-refractivity contribution in [2.24, 2.45) is 4.99 Å². The molecule has 2 N–H and O–H groups in total. The normalized spacial score (nSPS) is 15.1. The van der Waals surface area contributed by atoms with Gasteiger partial charge in [-0.05, 0) is 38.5 Å². The van der Waals surface area contributed by atoms with Crippen LogP contribution in [0.5, 0.6) is 5.75 Å². The Morgan fingerprint density at radius 3 is 2.71 bits per heavy atom. The molecule has 0 radical (unpaired) electrons. The van der Waals surface area contributed by atoms with E-state index in [0.29, 0.717) is 13.1 Å². The van der Waals surface area contributed by atoms with Crippen molar-refractivity contribution in [2.45, 2.75) is 33.4 Å². The minimum atomic E-state index is 0. The number of para-hydroxylation sites is 1. The number of aromatic nitrogens is 1. The number of nitrogens with one attached hydrogen (secondary N) is 2. The first kappa shape index (κ1) is 25.2. The maximum Gasteiger partial charge on any atom is 0.191 e. The lowest BCUT2D eigenvalue weighted by Crippen LogP contribution is -2.42. The minimum absolute atomic E-state index is 0. The third kappa shape index (κ3) is 7.84. The predicted octanol–water partition coefficient (Wildman–Crippen LogP) is 3.37. The molecular formula is C23H34IN5O2. The summed E-state index contributed by atoms with van der Waals surface area (Å²) in [4.78, 5) is 11.6. The van der Waals surface area contributed by atoms with E-state index < -0.39 is 0 Å². The second-order valence-electron chi connectivity index (χ2n) is 7.36. The number of benzene rings is 1. The highest BCUT2D eigenvalue weighted by atomic mass is 127. The average molecular weight is 539 g/mol. The predicted molar refractivity (Wildman–Crippen MR) is 137 cm³/mol. The van der Waals surface area contributed by atoms with Gasteiger partial charge >= 0.3 is 0 Å². The number of anilines is 1. The van der Waals surface area contributed by atoms with Gasteiger partial charge in [0, 0.05) is 31.4 Å². The Morgan fingerprint density at radius 2 is 1.97 bits per heavy atom. The molecule has 0 saturated carbocycles. The molecule has 1 aliphatic heterocycles. The zero-order valence-corrected chi connectivity index (χ0v) is 21.0. The Kier molecular flexibility index (Phi) is 10.9. The summed E-state index contributed by atoms with van der Waals surface area (Å²) in [7, 11) is 0. The first-order valence-electron chi connectivity index (χ1n) is 10.7. The number of halogens is 1. The fourth-order valence-electron chi connectivity index (χ4n) is 3.31. The molecule has 2 heterocycles. The summed E-state index contributed by atoms with van der Waals surface area (Å²) in [5.74, 6) is 2.69. The molecule has 1 saturated heterocycles. The molecule has 0 aliphatic carbocycles. The van der Waals surface area contributed by atoms with Crippen molar-refractivity contribution < 1.29 is 9.47 Å². The molecule has 1 aliphatic rings. The Bertz CT molecular complexity index is 827. The highest BCUT2D eigenvalue weighted by Gasteiger charge is 2.15. The van der Waals surface area contributed by atoms with Crippen molar-refractivity contribution in [1.82, 2.24) is 15.6 Å². The van der Waals surface area contributed by atoms with Crippen LogP contribution in [0.1, 0.15) is 25.0 Å². The number of pyridine rings is 1. The van der Waals surface area contributed by atoms with Gasteiger partial charge in [-0.3, -0.25) is 0 Å². The van der Waals surface area contributed by atoms with Gasteiger partial charge in [0.1, 0.15) is 17.7 Å². The number of aliphatic imine (C=N–C) groups is 1. The number of rotatable bonds is 8. The monoisotopic (exact) mass is 539 g/mol. The molecular weight excluding hydrogens is 505 g/mol. The van der Waals surface area contributed by atoms with Crippen LogP contribution in [0.3, 0.4) is 0 Å². The molecule has 3 rings (SSSR count). The van der Waals surface area contributed by atoms with Gasteiger partial charge in [0.15, 0.2) is 5.96 Å². The van der Waals surface area contributed by atoms with E-state index >= 15 is 0 Å². The van der Waals surface area contributed by atoms with Crippen molar-refractivity contribution in [3.63, 3.8) is 0 Å². The Hall–Kier alpha value is -2.07. The molecule has 1 fully saturated rings. The minimum Gasteiger partial charge on any atom is -0.489 e. The Balaban J connectivity index is 0.00000341. The number of hydrogen-bond acceptors (Lipinski definition) is 5. The van der Waals surface area contributed by atoms with E-state index in [4.69, 9.17) is 14.5 Å². The third-order valence-electron chi connectivity index (χ3n) is 4.91. The number of aryl methyl sites for hydroxylation is 1. The van der Waals surface area contributed by atoms with Crippen molar-refractivity contribution in [3.05, 3.63) is 53.7 Å². The molecule has 0 spiro atoms. The molecule has 8 heteroatoms. The van der Waals surface area contributed by atoms with Crippen LogP contribution in [-0.4, -0.2) is 56.4 Å². The maximum atomic E-state index is 6.06. The lowest BCUT2D eigenvalue weighted by atomic mass is 10.2. The van der Waals surface area contributed by atoms with Gasteiger partial charge in [-0.15, -0.1) is 24.0 Å². The lowest BCUT2D eigenvalue weighted by molar-refractivity contribution is 0.122. The highest BCUT2D eigenvalue weighted by Crippen LogP contribution is 2.19. The van der Waals surface area contributed by atoms with Crippen LogP contribution < -0.4 is 20.3 Å². The number of nitrogens with zero attached hydrogens (tertiary/aromatic N) is 3. The van der Waals surface area contributed by atoms with Crippen LogP contribution in [0.15, 0.2) is 47.6 Å². The smallest absolute Gasteiger partial charge is 0.191 e. The number of morpholine rings is 1. The maximum absolute atomic E-state index is 6.06. The largest absolute Gasteiger partial charge is 0.489 e. The zero-order valence-electron chi connectivity index (χ0n) is 18.6. The molecule has 2 aromatic rings. The zero-order chi connectivity index (χ0) is 21.2. The Labute approximate surface area is 202 Å². The summed E-state index contributed by atoms with van der Waals surface area (Å²) in [5, 5.41) is 6.70. The summed E-state index contributed by atoms with van der Waals surface area (Å²) in [6.45, 7) is 11.4. The van der Waals surface area contributed by atoms with Gasteiger partial charge in [-0.25, -0.2) is 9.98 Å². The SMILES string of the molecule is CCNC(=NCc1cccnc1N1CCOCC1)NCC(C)Oc1ccccc1C.I. The van der Waals surface area contributed by atoms with Crippen LogP contribution in [0.2, 0.25) is 0 Å². The molecule has 1 atom stereocenters. The lowest BCUT2D eigenvalue weighted by Gasteiger charge is -2.29. The molecule has 0 amide bonds. The van der Waals surface area contributed by atoms with Gasteiger partial charge in [-0.2, -0.15) is 0 Å². The molecule has 170 valence electrons. The number of guanidine groups is 1. The summed E-state index contributed by atoms with van der Waals surface area (Å²) >= 11 is 0. The van der Waals surface area contributed by atoms with Crippen LogP contribution in [0.4, 0.5) is 5.82 Å². The van der Waals surface area contributed by atoms with Gasteiger partial charge in [0.05, 0.1) is 26.3 Å². The van der Waals surface area contributed by atoms with E-state index in [1.54, 1.807) is 0 Å². The van der Waals surface area contributed by atoms with Gasteiger partial charge < -0.3 is 25.0 Å².